The molecular formula is C20H22F3N3O2. The second kappa shape index (κ2) is 8.86. The summed E-state index contributed by atoms with van der Waals surface area (Å²) in [5, 5.41) is 0. The van der Waals surface area contributed by atoms with Gasteiger partial charge in [0.25, 0.3) is 0 Å². The van der Waals surface area contributed by atoms with Crippen LogP contribution in [0.1, 0.15) is 39.5 Å². The van der Waals surface area contributed by atoms with Crippen LogP contribution in [-0.4, -0.2) is 35.8 Å². The average Bonchev–Trinajstić information content (AvgIpc) is 2.66. The highest BCUT2D eigenvalue weighted by Crippen LogP contribution is 2.29. The second-order valence-electron chi connectivity index (χ2n) is 6.36. The standard InChI is InChI=1S/C20H22F3N3O2/c1-5-26(4)12-25-18-7-6-17(13(2)14(18)3)19(27)28-11-15-8-16(10-24-9-15)20(21,22)23/h6-10,12H,5,11H2,1-4H3/b25-12+. The molecule has 2 rings (SSSR count). The number of ether oxygens (including phenoxy) is 1. The van der Waals surface area contributed by atoms with E-state index in [-0.39, 0.29) is 12.2 Å². The quantitative estimate of drug-likeness (QED) is 0.406. The van der Waals surface area contributed by atoms with Crippen molar-refractivity contribution in [2.75, 3.05) is 13.6 Å². The van der Waals surface area contributed by atoms with E-state index in [0.717, 1.165) is 30.1 Å². The van der Waals surface area contributed by atoms with Gasteiger partial charge in [0.15, 0.2) is 0 Å². The van der Waals surface area contributed by atoms with Crippen molar-refractivity contribution in [2.24, 2.45) is 4.99 Å². The lowest BCUT2D eigenvalue weighted by atomic mass is 10.0. The third-order valence-electron chi connectivity index (χ3n) is 4.36. The Labute approximate surface area is 161 Å². The van der Waals surface area contributed by atoms with Gasteiger partial charge in [-0.25, -0.2) is 9.79 Å². The number of alkyl halides is 3. The molecule has 0 saturated carbocycles. The lowest BCUT2D eigenvalue weighted by Crippen LogP contribution is -2.14. The molecule has 0 radical (unpaired) electrons. The molecule has 1 aromatic carbocycles. The third kappa shape index (κ3) is 5.31. The average molecular weight is 393 g/mol. The molecule has 0 spiro atoms. The molecule has 150 valence electrons. The number of pyridine rings is 1. The number of carbonyl (C=O) groups excluding carboxylic acids is 1. The van der Waals surface area contributed by atoms with Crippen LogP contribution in [-0.2, 0) is 17.5 Å². The second-order valence-corrected chi connectivity index (χ2v) is 6.36. The summed E-state index contributed by atoms with van der Waals surface area (Å²) in [5.74, 6) is -0.612. The first-order valence-electron chi connectivity index (χ1n) is 8.66. The van der Waals surface area contributed by atoms with Gasteiger partial charge in [-0.05, 0) is 50.1 Å². The molecule has 0 aliphatic heterocycles. The van der Waals surface area contributed by atoms with E-state index in [1.807, 2.05) is 25.8 Å². The van der Waals surface area contributed by atoms with Gasteiger partial charge in [0.1, 0.15) is 6.61 Å². The van der Waals surface area contributed by atoms with Crippen LogP contribution in [0.5, 0.6) is 0 Å². The molecule has 0 unspecified atom stereocenters. The fourth-order valence-corrected chi connectivity index (χ4v) is 2.36. The molecule has 2 aromatic rings. The monoisotopic (exact) mass is 393 g/mol. The fraction of sp³-hybridized carbons (Fsp3) is 0.350. The Bertz CT molecular complexity index is 879. The van der Waals surface area contributed by atoms with Crippen molar-refractivity contribution in [3.63, 3.8) is 0 Å². The molecule has 0 aliphatic rings. The number of rotatable bonds is 6. The number of aromatic nitrogens is 1. The SMILES string of the molecule is CCN(C)/C=N/c1ccc(C(=O)OCc2cncc(C(F)(F)F)c2)c(C)c1C. The van der Waals surface area contributed by atoms with Gasteiger partial charge in [0, 0.05) is 31.5 Å². The highest BCUT2D eigenvalue weighted by atomic mass is 19.4. The molecule has 0 amide bonds. The van der Waals surface area contributed by atoms with Crippen LogP contribution in [0.2, 0.25) is 0 Å². The molecule has 0 N–H and O–H groups in total. The highest BCUT2D eigenvalue weighted by Gasteiger charge is 2.31. The Kier molecular flexibility index (Phi) is 6.77. The van der Waals surface area contributed by atoms with Gasteiger partial charge in [-0.3, -0.25) is 4.98 Å². The van der Waals surface area contributed by atoms with E-state index in [9.17, 15) is 18.0 Å². The van der Waals surface area contributed by atoms with Crippen molar-refractivity contribution < 1.29 is 22.7 Å². The van der Waals surface area contributed by atoms with E-state index in [1.54, 1.807) is 25.4 Å². The maximum absolute atomic E-state index is 12.7. The number of hydrogen-bond acceptors (Lipinski definition) is 4. The van der Waals surface area contributed by atoms with E-state index in [2.05, 4.69) is 9.98 Å². The first kappa shape index (κ1) is 21.4. The van der Waals surface area contributed by atoms with E-state index in [4.69, 9.17) is 4.74 Å². The predicted molar refractivity (Wildman–Crippen MR) is 101 cm³/mol. The van der Waals surface area contributed by atoms with Gasteiger partial charge in [0.05, 0.1) is 23.2 Å². The van der Waals surface area contributed by atoms with Gasteiger partial charge in [-0.1, -0.05) is 0 Å². The summed E-state index contributed by atoms with van der Waals surface area (Å²) in [4.78, 5) is 22.3. The van der Waals surface area contributed by atoms with Gasteiger partial charge in [-0.15, -0.1) is 0 Å². The predicted octanol–water partition coefficient (Wildman–Crippen LogP) is 4.69. The van der Waals surface area contributed by atoms with Crippen molar-refractivity contribution in [1.29, 1.82) is 0 Å². The first-order chi connectivity index (χ1) is 13.1. The van der Waals surface area contributed by atoms with Gasteiger partial charge in [-0.2, -0.15) is 13.2 Å². The largest absolute Gasteiger partial charge is 0.457 e. The zero-order valence-corrected chi connectivity index (χ0v) is 16.2. The van der Waals surface area contributed by atoms with Crippen LogP contribution in [0.4, 0.5) is 18.9 Å². The molecule has 1 heterocycles. The van der Waals surface area contributed by atoms with E-state index < -0.39 is 17.7 Å². The summed E-state index contributed by atoms with van der Waals surface area (Å²) in [7, 11) is 1.90. The zero-order valence-electron chi connectivity index (χ0n) is 16.2. The Balaban J connectivity index is 2.13. The molecule has 28 heavy (non-hydrogen) atoms. The maximum atomic E-state index is 12.7. The lowest BCUT2D eigenvalue weighted by Gasteiger charge is -2.13. The molecule has 0 saturated heterocycles. The summed E-state index contributed by atoms with van der Waals surface area (Å²) in [6.45, 7) is 6.15. The molecule has 8 heteroatoms. The zero-order chi connectivity index (χ0) is 20.9. The highest BCUT2D eigenvalue weighted by molar-refractivity contribution is 5.92. The molecule has 5 nitrogen and oxygen atoms in total. The molecule has 0 fully saturated rings. The van der Waals surface area contributed by atoms with E-state index in [1.165, 1.54) is 6.20 Å². The molecule has 0 aliphatic carbocycles. The van der Waals surface area contributed by atoms with Crippen LogP contribution < -0.4 is 0 Å². The van der Waals surface area contributed by atoms with E-state index >= 15 is 0 Å². The van der Waals surface area contributed by atoms with E-state index in [0.29, 0.717) is 11.1 Å². The van der Waals surface area contributed by atoms with Crippen molar-refractivity contribution in [2.45, 2.75) is 33.6 Å². The topological polar surface area (TPSA) is 54.8 Å². The van der Waals surface area contributed by atoms with Crippen molar-refractivity contribution in [3.8, 4) is 0 Å². The van der Waals surface area contributed by atoms with Gasteiger partial charge in [0.2, 0.25) is 0 Å². The molecule has 1 aromatic heterocycles. The number of esters is 1. The first-order valence-corrected chi connectivity index (χ1v) is 8.66. The summed E-state index contributed by atoms with van der Waals surface area (Å²) >= 11 is 0. The Morgan fingerprint density at radius 1 is 1.25 bits per heavy atom. The summed E-state index contributed by atoms with van der Waals surface area (Å²) in [6, 6.07) is 4.23. The Morgan fingerprint density at radius 2 is 1.96 bits per heavy atom. The van der Waals surface area contributed by atoms with Gasteiger partial charge >= 0.3 is 12.1 Å². The number of carbonyl (C=O) groups is 1. The van der Waals surface area contributed by atoms with Crippen LogP contribution >= 0.6 is 0 Å². The van der Waals surface area contributed by atoms with Crippen LogP contribution in [0.15, 0.2) is 35.6 Å². The third-order valence-corrected chi connectivity index (χ3v) is 4.36. The molecule has 0 atom stereocenters. The summed E-state index contributed by atoms with van der Waals surface area (Å²) in [5.41, 5.74) is 1.90. The number of aliphatic imine (C=N–C) groups is 1. The number of benzene rings is 1. The summed E-state index contributed by atoms with van der Waals surface area (Å²) < 4.78 is 43.4. The smallest absolute Gasteiger partial charge is 0.417 e. The minimum absolute atomic E-state index is 0.168. The van der Waals surface area contributed by atoms with Crippen LogP contribution in [0, 0.1) is 13.8 Å². The number of halogens is 3. The summed E-state index contributed by atoms with van der Waals surface area (Å²) in [6.07, 6.45) is -0.819. The van der Waals surface area contributed by atoms with Crippen molar-refractivity contribution in [1.82, 2.24) is 9.88 Å². The van der Waals surface area contributed by atoms with Gasteiger partial charge < -0.3 is 9.64 Å². The fourth-order valence-electron chi connectivity index (χ4n) is 2.36. The molecule has 0 bridgehead atoms. The number of hydrogen-bond donors (Lipinski definition) is 0. The molecular weight excluding hydrogens is 371 g/mol. The number of nitrogens with zero attached hydrogens (tertiary/aromatic N) is 3. The Hall–Kier alpha value is -2.90. The Morgan fingerprint density at radius 3 is 2.61 bits per heavy atom. The maximum Gasteiger partial charge on any atom is 0.417 e. The van der Waals surface area contributed by atoms with Crippen molar-refractivity contribution in [3.05, 3.63) is 58.4 Å². The normalized spacial score (nSPS) is 11.7. The van der Waals surface area contributed by atoms with Crippen molar-refractivity contribution >= 4 is 18.0 Å². The van der Waals surface area contributed by atoms with Crippen LogP contribution in [0.3, 0.4) is 0 Å². The van der Waals surface area contributed by atoms with Crippen LogP contribution in [0.25, 0.3) is 0 Å². The minimum Gasteiger partial charge on any atom is -0.457 e. The lowest BCUT2D eigenvalue weighted by molar-refractivity contribution is -0.137. The minimum atomic E-state index is -4.50.